The predicted octanol–water partition coefficient (Wildman–Crippen LogP) is 3.15. The van der Waals surface area contributed by atoms with Gasteiger partial charge in [0, 0.05) is 30.4 Å². The van der Waals surface area contributed by atoms with Crippen LogP contribution in [-0.2, 0) is 5.75 Å². The highest BCUT2D eigenvalue weighted by Gasteiger charge is 2.26. The van der Waals surface area contributed by atoms with E-state index in [1.165, 1.54) is 5.56 Å². The fourth-order valence-corrected chi connectivity index (χ4v) is 3.36. The molecule has 0 radical (unpaired) electrons. The van der Waals surface area contributed by atoms with Crippen molar-refractivity contribution in [2.24, 2.45) is 0 Å². The molecule has 1 saturated heterocycles. The third-order valence-electron chi connectivity index (χ3n) is 3.87. The molecule has 0 saturated carbocycles. The summed E-state index contributed by atoms with van der Waals surface area (Å²) in [6.07, 6.45) is 2.07. The minimum atomic E-state index is 0.181. The average molecular weight is 306 g/mol. The van der Waals surface area contributed by atoms with Crippen LogP contribution in [0.3, 0.4) is 0 Å². The van der Waals surface area contributed by atoms with Crippen LogP contribution < -0.4 is 5.32 Å². The van der Waals surface area contributed by atoms with Crippen LogP contribution in [0.4, 0.5) is 0 Å². The standard InChI is InChI=1S/C17H26N2OS/c1-3-11-19(16-9-10-18-12-16)17(20)15-7-5-14(6-8-15)13-21-4-2/h5-8,16,18H,3-4,9-13H2,1-2H3. The SMILES string of the molecule is CCCN(C(=O)c1ccc(CSCC)cc1)C1CCNC1. The summed E-state index contributed by atoms with van der Waals surface area (Å²) in [6.45, 7) is 7.09. The van der Waals surface area contributed by atoms with E-state index < -0.39 is 0 Å². The average Bonchev–Trinajstić information content (AvgIpc) is 3.04. The van der Waals surface area contributed by atoms with Gasteiger partial charge in [0.1, 0.15) is 0 Å². The monoisotopic (exact) mass is 306 g/mol. The topological polar surface area (TPSA) is 32.3 Å². The van der Waals surface area contributed by atoms with Gasteiger partial charge in [-0.2, -0.15) is 11.8 Å². The van der Waals surface area contributed by atoms with Gasteiger partial charge in [0.25, 0.3) is 5.91 Å². The molecule has 1 atom stereocenters. The van der Waals surface area contributed by atoms with Crippen LogP contribution in [0.5, 0.6) is 0 Å². The minimum Gasteiger partial charge on any atom is -0.334 e. The fraction of sp³-hybridized carbons (Fsp3) is 0.588. The van der Waals surface area contributed by atoms with Crippen LogP contribution in [-0.4, -0.2) is 42.2 Å². The first kappa shape index (κ1) is 16.4. The van der Waals surface area contributed by atoms with E-state index >= 15 is 0 Å². The molecule has 1 heterocycles. The molecule has 0 bridgehead atoms. The van der Waals surface area contributed by atoms with Crippen molar-refractivity contribution in [2.75, 3.05) is 25.4 Å². The third kappa shape index (κ3) is 4.48. The number of thioether (sulfide) groups is 1. The normalized spacial score (nSPS) is 17.9. The van der Waals surface area contributed by atoms with Crippen molar-refractivity contribution in [3.05, 3.63) is 35.4 Å². The van der Waals surface area contributed by atoms with Crippen LogP contribution in [0.15, 0.2) is 24.3 Å². The van der Waals surface area contributed by atoms with Crippen LogP contribution in [0.2, 0.25) is 0 Å². The van der Waals surface area contributed by atoms with Crippen LogP contribution >= 0.6 is 11.8 Å². The van der Waals surface area contributed by atoms with Crippen LogP contribution in [0.25, 0.3) is 0 Å². The van der Waals surface area contributed by atoms with E-state index in [-0.39, 0.29) is 5.91 Å². The van der Waals surface area contributed by atoms with Gasteiger partial charge in [-0.1, -0.05) is 26.0 Å². The van der Waals surface area contributed by atoms with Crippen molar-refractivity contribution < 1.29 is 4.79 Å². The molecule has 1 aromatic rings. The molecule has 1 aliphatic rings. The summed E-state index contributed by atoms with van der Waals surface area (Å²) in [5, 5.41) is 3.35. The number of nitrogens with one attached hydrogen (secondary N) is 1. The smallest absolute Gasteiger partial charge is 0.254 e. The highest BCUT2D eigenvalue weighted by molar-refractivity contribution is 7.98. The summed E-state index contributed by atoms with van der Waals surface area (Å²) in [4.78, 5) is 14.8. The maximum absolute atomic E-state index is 12.7. The third-order valence-corrected chi connectivity index (χ3v) is 4.82. The molecular formula is C17H26N2OS. The van der Waals surface area contributed by atoms with Gasteiger partial charge in [0.05, 0.1) is 0 Å². The van der Waals surface area contributed by atoms with Gasteiger partial charge in [0.2, 0.25) is 0 Å². The Balaban J connectivity index is 2.05. The Hall–Kier alpha value is -1.00. The maximum Gasteiger partial charge on any atom is 0.254 e. The van der Waals surface area contributed by atoms with Crippen LogP contribution in [0, 0.1) is 0 Å². The Morgan fingerprint density at radius 2 is 2.10 bits per heavy atom. The van der Waals surface area contributed by atoms with E-state index in [1.807, 2.05) is 23.9 Å². The Bertz CT molecular complexity index is 441. The van der Waals surface area contributed by atoms with Crippen molar-refractivity contribution in [1.29, 1.82) is 0 Å². The molecule has 0 spiro atoms. The summed E-state index contributed by atoms with van der Waals surface area (Å²) in [6, 6.07) is 8.50. The molecule has 1 unspecified atom stereocenters. The molecule has 1 fully saturated rings. The molecular weight excluding hydrogens is 280 g/mol. The Morgan fingerprint density at radius 3 is 2.67 bits per heavy atom. The van der Waals surface area contributed by atoms with Gasteiger partial charge in [-0.25, -0.2) is 0 Å². The van der Waals surface area contributed by atoms with Gasteiger partial charge in [-0.05, 0) is 42.8 Å². The van der Waals surface area contributed by atoms with Gasteiger partial charge in [0.15, 0.2) is 0 Å². The number of hydrogen-bond donors (Lipinski definition) is 1. The maximum atomic E-state index is 12.7. The molecule has 1 aliphatic heterocycles. The zero-order chi connectivity index (χ0) is 15.1. The lowest BCUT2D eigenvalue weighted by Crippen LogP contribution is -2.42. The number of carbonyl (C=O) groups excluding carboxylic acids is 1. The Labute approximate surface area is 132 Å². The molecule has 21 heavy (non-hydrogen) atoms. The van der Waals surface area contributed by atoms with Crippen LogP contribution in [0.1, 0.15) is 42.6 Å². The zero-order valence-corrected chi connectivity index (χ0v) is 13.9. The van der Waals surface area contributed by atoms with E-state index in [0.29, 0.717) is 6.04 Å². The fourth-order valence-electron chi connectivity index (χ4n) is 2.73. The summed E-state index contributed by atoms with van der Waals surface area (Å²) < 4.78 is 0. The van der Waals surface area contributed by atoms with E-state index in [4.69, 9.17) is 0 Å². The second-order valence-corrected chi connectivity index (χ2v) is 6.75. The summed E-state index contributed by atoms with van der Waals surface area (Å²) in [5.41, 5.74) is 2.11. The van der Waals surface area contributed by atoms with Crippen molar-refractivity contribution in [1.82, 2.24) is 10.2 Å². The number of rotatable bonds is 7. The molecule has 0 aromatic heterocycles. The van der Waals surface area contributed by atoms with Gasteiger partial charge in [-0.3, -0.25) is 4.79 Å². The van der Waals surface area contributed by atoms with Gasteiger partial charge in [-0.15, -0.1) is 0 Å². The highest BCUT2D eigenvalue weighted by atomic mass is 32.2. The van der Waals surface area contributed by atoms with E-state index in [2.05, 4.69) is 36.2 Å². The van der Waals surface area contributed by atoms with E-state index in [0.717, 1.165) is 49.5 Å². The lowest BCUT2D eigenvalue weighted by Gasteiger charge is -2.28. The van der Waals surface area contributed by atoms with Gasteiger partial charge < -0.3 is 10.2 Å². The summed E-state index contributed by atoms with van der Waals surface area (Å²) in [7, 11) is 0. The molecule has 0 aliphatic carbocycles. The first-order chi connectivity index (χ1) is 10.3. The number of nitrogens with zero attached hydrogens (tertiary/aromatic N) is 1. The van der Waals surface area contributed by atoms with Crippen molar-refractivity contribution in [3.8, 4) is 0 Å². The summed E-state index contributed by atoms with van der Waals surface area (Å²) >= 11 is 1.91. The Kier molecular flexibility index (Phi) is 6.58. The van der Waals surface area contributed by atoms with Gasteiger partial charge >= 0.3 is 0 Å². The molecule has 116 valence electrons. The second-order valence-electron chi connectivity index (χ2n) is 5.48. The highest BCUT2D eigenvalue weighted by Crippen LogP contribution is 2.17. The first-order valence-electron chi connectivity index (χ1n) is 7.94. The van der Waals surface area contributed by atoms with E-state index in [9.17, 15) is 4.79 Å². The molecule has 1 N–H and O–H groups in total. The number of hydrogen-bond acceptors (Lipinski definition) is 3. The zero-order valence-electron chi connectivity index (χ0n) is 13.1. The predicted molar refractivity (Wildman–Crippen MR) is 90.9 cm³/mol. The first-order valence-corrected chi connectivity index (χ1v) is 9.10. The molecule has 3 nitrogen and oxygen atoms in total. The molecule has 1 amide bonds. The number of carbonyl (C=O) groups is 1. The largest absolute Gasteiger partial charge is 0.334 e. The van der Waals surface area contributed by atoms with Crippen molar-refractivity contribution in [3.63, 3.8) is 0 Å². The van der Waals surface area contributed by atoms with Crippen molar-refractivity contribution in [2.45, 2.75) is 38.5 Å². The lowest BCUT2D eigenvalue weighted by atomic mass is 10.1. The van der Waals surface area contributed by atoms with Crippen molar-refractivity contribution >= 4 is 17.7 Å². The lowest BCUT2D eigenvalue weighted by molar-refractivity contribution is 0.0692. The minimum absolute atomic E-state index is 0.181. The van der Waals surface area contributed by atoms with E-state index in [1.54, 1.807) is 0 Å². The number of benzene rings is 1. The number of amides is 1. The summed E-state index contributed by atoms with van der Waals surface area (Å²) in [5.74, 6) is 2.33. The second kappa shape index (κ2) is 8.44. The quantitative estimate of drug-likeness (QED) is 0.840. The Morgan fingerprint density at radius 1 is 1.33 bits per heavy atom. The molecule has 4 heteroatoms. The molecule has 1 aromatic carbocycles. The molecule has 2 rings (SSSR count).